The molecule has 0 saturated carbocycles. The number of rotatable bonds is 3. The summed E-state index contributed by atoms with van der Waals surface area (Å²) in [6, 6.07) is 2.97. The molecule has 0 aromatic carbocycles. The molecule has 2 heterocycles. The first-order chi connectivity index (χ1) is 8.63. The summed E-state index contributed by atoms with van der Waals surface area (Å²) in [5.41, 5.74) is 5.39. The number of aliphatic hydroxyl groups is 1. The number of nitrogens with zero attached hydrogens (tertiary/aromatic N) is 3. The molecular weight excluding hydrogens is 236 g/mol. The summed E-state index contributed by atoms with van der Waals surface area (Å²) in [6.07, 6.45) is 2.99. The maximum absolute atomic E-state index is 10.7. The van der Waals surface area contributed by atoms with Crippen LogP contribution in [0.4, 0.5) is 17.3 Å². The molecule has 7 heteroatoms. The van der Waals surface area contributed by atoms with Gasteiger partial charge in [-0.2, -0.15) is 0 Å². The lowest BCUT2D eigenvalue weighted by atomic mass is 10.0. The van der Waals surface area contributed by atoms with Crippen molar-refractivity contribution in [2.45, 2.75) is 25.3 Å². The normalized spacial score (nSPS) is 19.8. The van der Waals surface area contributed by atoms with Crippen LogP contribution in [0.2, 0.25) is 0 Å². The Kier molecular flexibility index (Phi) is 3.61. The van der Waals surface area contributed by atoms with E-state index >= 15 is 0 Å². The van der Waals surface area contributed by atoms with Gasteiger partial charge < -0.3 is 15.7 Å². The first kappa shape index (κ1) is 12.6. The van der Waals surface area contributed by atoms with E-state index in [0.717, 1.165) is 25.8 Å². The highest BCUT2D eigenvalue weighted by Gasteiger charge is 2.24. The lowest BCUT2D eigenvalue weighted by molar-refractivity contribution is -0.384. The van der Waals surface area contributed by atoms with Crippen LogP contribution in [0.1, 0.15) is 19.3 Å². The minimum absolute atomic E-state index is 0.0205. The van der Waals surface area contributed by atoms with Crippen LogP contribution >= 0.6 is 0 Å². The zero-order chi connectivity index (χ0) is 13.1. The number of aliphatic hydroxyl groups excluding tert-OH is 1. The highest BCUT2D eigenvalue weighted by atomic mass is 16.6. The van der Waals surface area contributed by atoms with Crippen molar-refractivity contribution in [3.63, 3.8) is 0 Å². The van der Waals surface area contributed by atoms with Gasteiger partial charge in [0.25, 0.3) is 0 Å². The molecule has 2 rings (SSSR count). The number of hydrogen-bond donors (Lipinski definition) is 2. The third-order valence-electron chi connectivity index (χ3n) is 3.22. The predicted octanol–water partition coefficient (Wildman–Crippen LogP) is 0.923. The molecule has 1 saturated heterocycles. The highest BCUT2D eigenvalue weighted by molar-refractivity contribution is 5.58. The zero-order valence-electron chi connectivity index (χ0n) is 9.95. The Bertz CT molecular complexity index is 452. The zero-order valence-corrected chi connectivity index (χ0v) is 9.95. The maximum Gasteiger partial charge on any atom is 0.311 e. The number of aromatic nitrogens is 1. The quantitative estimate of drug-likeness (QED) is 0.612. The Labute approximate surface area is 104 Å². The summed E-state index contributed by atoms with van der Waals surface area (Å²) in [6.45, 7) is 0.841. The second kappa shape index (κ2) is 5.18. The van der Waals surface area contributed by atoms with Crippen LogP contribution in [0.15, 0.2) is 12.1 Å². The van der Waals surface area contributed by atoms with Crippen molar-refractivity contribution in [1.82, 2.24) is 4.98 Å². The van der Waals surface area contributed by atoms with Crippen LogP contribution in [0.25, 0.3) is 0 Å². The largest absolute Gasteiger partial charge is 0.394 e. The Morgan fingerprint density at radius 2 is 2.33 bits per heavy atom. The first-order valence-electron chi connectivity index (χ1n) is 5.92. The number of pyridine rings is 1. The molecule has 0 bridgehead atoms. The maximum atomic E-state index is 10.7. The molecule has 3 N–H and O–H groups in total. The van der Waals surface area contributed by atoms with Gasteiger partial charge in [-0.3, -0.25) is 10.1 Å². The van der Waals surface area contributed by atoms with Crippen molar-refractivity contribution >= 4 is 17.3 Å². The molecule has 1 aliphatic heterocycles. The minimum Gasteiger partial charge on any atom is -0.394 e. The van der Waals surface area contributed by atoms with Gasteiger partial charge in [0, 0.05) is 12.6 Å². The lowest BCUT2D eigenvalue weighted by Crippen LogP contribution is -2.42. The number of nitrogens with two attached hydrogens (primary N) is 1. The fourth-order valence-corrected chi connectivity index (χ4v) is 2.26. The van der Waals surface area contributed by atoms with E-state index in [4.69, 9.17) is 5.73 Å². The van der Waals surface area contributed by atoms with Crippen molar-refractivity contribution in [2.75, 3.05) is 23.8 Å². The fraction of sp³-hybridized carbons (Fsp3) is 0.545. The van der Waals surface area contributed by atoms with Crippen molar-refractivity contribution in [3.8, 4) is 0 Å². The van der Waals surface area contributed by atoms with Crippen LogP contribution in [-0.4, -0.2) is 34.2 Å². The molecule has 0 spiro atoms. The molecule has 1 aromatic heterocycles. The number of hydrogen-bond acceptors (Lipinski definition) is 6. The van der Waals surface area contributed by atoms with E-state index < -0.39 is 4.92 Å². The molecule has 1 aromatic rings. The Hall–Kier alpha value is -1.89. The van der Waals surface area contributed by atoms with E-state index in [1.165, 1.54) is 6.07 Å². The van der Waals surface area contributed by atoms with Crippen LogP contribution in [0, 0.1) is 10.1 Å². The molecule has 1 aliphatic rings. The molecule has 7 nitrogen and oxygen atoms in total. The molecule has 1 atom stereocenters. The van der Waals surface area contributed by atoms with E-state index in [9.17, 15) is 15.2 Å². The van der Waals surface area contributed by atoms with Gasteiger partial charge in [0.2, 0.25) is 5.82 Å². The van der Waals surface area contributed by atoms with Crippen LogP contribution in [0.5, 0.6) is 0 Å². The van der Waals surface area contributed by atoms with Gasteiger partial charge in [0.15, 0.2) is 0 Å². The minimum atomic E-state index is -0.550. The Balaban J connectivity index is 2.27. The average molecular weight is 252 g/mol. The third-order valence-corrected chi connectivity index (χ3v) is 3.22. The third kappa shape index (κ3) is 2.35. The van der Waals surface area contributed by atoms with Crippen molar-refractivity contribution < 1.29 is 10.0 Å². The molecule has 98 valence electrons. The Morgan fingerprint density at radius 1 is 1.56 bits per heavy atom. The number of piperidine rings is 1. The summed E-state index contributed by atoms with van der Waals surface area (Å²) < 4.78 is 0. The molecular formula is C11H16N4O3. The Morgan fingerprint density at radius 3 is 2.94 bits per heavy atom. The van der Waals surface area contributed by atoms with Crippen LogP contribution in [-0.2, 0) is 0 Å². The van der Waals surface area contributed by atoms with Crippen LogP contribution in [0.3, 0.4) is 0 Å². The first-order valence-corrected chi connectivity index (χ1v) is 5.92. The number of nitro groups is 1. The highest BCUT2D eigenvalue weighted by Crippen LogP contribution is 2.27. The van der Waals surface area contributed by atoms with Gasteiger partial charge in [-0.05, 0) is 25.3 Å². The van der Waals surface area contributed by atoms with Gasteiger partial charge in [-0.1, -0.05) is 0 Å². The second-order valence-electron chi connectivity index (χ2n) is 4.36. The van der Waals surface area contributed by atoms with Gasteiger partial charge in [-0.15, -0.1) is 0 Å². The topological polar surface area (TPSA) is 106 Å². The van der Waals surface area contributed by atoms with E-state index in [-0.39, 0.29) is 24.2 Å². The molecule has 0 radical (unpaired) electrons. The van der Waals surface area contributed by atoms with Crippen molar-refractivity contribution in [2.24, 2.45) is 0 Å². The molecule has 1 fully saturated rings. The summed E-state index contributed by atoms with van der Waals surface area (Å²) in [4.78, 5) is 16.1. The summed E-state index contributed by atoms with van der Waals surface area (Å²) in [5, 5.41) is 20.0. The van der Waals surface area contributed by atoms with E-state index in [1.54, 1.807) is 6.07 Å². The van der Waals surface area contributed by atoms with E-state index in [1.807, 2.05) is 4.90 Å². The van der Waals surface area contributed by atoms with Crippen LogP contribution < -0.4 is 10.6 Å². The summed E-state index contributed by atoms with van der Waals surface area (Å²) in [7, 11) is 0. The van der Waals surface area contributed by atoms with Crippen molar-refractivity contribution in [1.29, 1.82) is 0 Å². The lowest BCUT2D eigenvalue weighted by Gasteiger charge is -2.35. The molecule has 18 heavy (non-hydrogen) atoms. The average Bonchev–Trinajstić information content (AvgIpc) is 2.38. The monoisotopic (exact) mass is 252 g/mol. The fourth-order valence-electron chi connectivity index (χ4n) is 2.26. The van der Waals surface area contributed by atoms with Gasteiger partial charge in [0.05, 0.1) is 17.6 Å². The SMILES string of the molecule is Nc1nc(N2CCCCC2CO)ccc1[N+](=O)[O-]. The standard InChI is InChI=1S/C11H16N4O3/c12-11-9(15(17)18)4-5-10(13-11)14-6-2-1-3-8(14)7-16/h4-5,8,16H,1-3,6-7H2,(H2,12,13). The molecule has 0 amide bonds. The van der Waals surface area contributed by atoms with Gasteiger partial charge >= 0.3 is 5.69 Å². The van der Waals surface area contributed by atoms with E-state index in [2.05, 4.69) is 4.98 Å². The number of anilines is 2. The second-order valence-corrected chi connectivity index (χ2v) is 4.36. The smallest absolute Gasteiger partial charge is 0.311 e. The molecule has 1 unspecified atom stereocenters. The van der Waals surface area contributed by atoms with E-state index in [0.29, 0.717) is 5.82 Å². The summed E-state index contributed by atoms with van der Waals surface area (Å²) in [5.74, 6) is 0.511. The number of nitrogen functional groups attached to an aromatic ring is 1. The van der Waals surface area contributed by atoms with Crippen molar-refractivity contribution in [3.05, 3.63) is 22.2 Å². The predicted molar refractivity (Wildman–Crippen MR) is 67.4 cm³/mol. The molecule has 0 aliphatic carbocycles. The summed E-state index contributed by atoms with van der Waals surface area (Å²) >= 11 is 0. The van der Waals surface area contributed by atoms with Gasteiger partial charge in [0.1, 0.15) is 5.82 Å². The van der Waals surface area contributed by atoms with Gasteiger partial charge in [-0.25, -0.2) is 4.98 Å².